The summed E-state index contributed by atoms with van der Waals surface area (Å²) < 4.78 is 46.4. The van der Waals surface area contributed by atoms with E-state index in [1.807, 2.05) is 0 Å². The summed E-state index contributed by atoms with van der Waals surface area (Å²) in [5.74, 6) is -1.52. The van der Waals surface area contributed by atoms with Crippen LogP contribution in [0.25, 0.3) is 0 Å². The van der Waals surface area contributed by atoms with E-state index in [0.29, 0.717) is 18.8 Å². The van der Waals surface area contributed by atoms with Crippen LogP contribution in [0.5, 0.6) is 0 Å². The Morgan fingerprint density at radius 2 is 1.85 bits per heavy atom. The van der Waals surface area contributed by atoms with Gasteiger partial charge in [0.2, 0.25) is 21.8 Å². The molecule has 8 nitrogen and oxygen atoms in total. The number of rotatable bonds is 10. The van der Waals surface area contributed by atoms with Crippen molar-refractivity contribution in [3.63, 3.8) is 0 Å². The number of carbonyl (C=O) groups excluding carboxylic acids is 2. The fraction of sp³-hybridized carbons (Fsp3) is 0.391. The molecule has 0 aromatic heterocycles. The number of nitrogens with one attached hydrogen (secondary N) is 2. The van der Waals surface area contributed by atoms with E-state index in [1.165, 1.54) is 41.3 Å². The summed E-state index contributed by atoms with van der Waals surface area (Å²) in [6.07, 6.45) is 1.98. The molecule has 1 aliphatic rings. The molecule has 0 aliphatic carbocycles. The van der Waals surface area contributed by atoms with E-state index in [4.69, 9.17) is 4.74 Å². The van der Waals surface area contributed by atoms with E-state index in [-0.39, 0.29) is 17.4 Å². The van der Waals surface area contributed by atoms with Gasteiger partial charge in [-0.05, 0) is 55.7 Å². The number of benzene rings is 2. The number of hydrogen-bond donors (Lipinski definition) is 2. The Kier molecular flexibility index (Phi) is 8.54. The zero-order valence-corrected chi connectivity index (χ0v) is 19.2. The first kappa shape index (κ1) is 24.8. The summed E-state index contributed by atoms with van der Waals surface area (Å²) >= 11 is 0. The molecular formula is C23H28FN3O5S. The summed E-state index contributed by atoms with van der Waals surface area (Å²) in [6, 6.07) is 11.9. The molecule has 0 spiro atoms. The average molecular weight is 478 g/mol. The van der Waals surface area contributed by atoms with E-state index in [2.05, 4.69) is 10.0 Å². The first-order chi connectivity index (χ1) is 15.8. The highest BCUT2D eigenvalue weighted by atomic mass is 32.2. The van der Waals surface area contributed by atoms with Crippen LogP contribution in [0, 0.1) is 5.82 Å². The van der Waals surface area contributed by atoms with Gasteiger partial charge in [0, 0.05) is 18.8 Å². The Labute approximate surface area is 193 Å². The molecule has 3 rings (SSSR count). The van der Waals surface area contributed by atoms with Gasteiger partial charge in [-0.2, -0.15) is 0 Å². The zero-order chi connectivity index (χ0) is 23.8. The first-order valence-corrected chi connectivity index (χ1v) is 12.3. The minimum atomic E-state index is -3.93. The number of carbonyl (C=O) groups is 2. The second kappa shape index (κ2) is 11.4. The van der Waals surface area contributed by atoms with Crippen LogP contribution < -0.4 is 14.9 Å². The number of amides is 2. The molecule has 2 aromatic rings. The monoisotopic (exact) mass is 477 g/mol. The van der Waals surface area contributed by atoms with Crippen molar-refractivity contribution in [2.45, 2.75) is 43.2 Å². The van der Waals surface area contributed by atoms with Gasteiger partial charge in [-0.1, -0.05) is 25.1 Å². The lowest BCUT2D eigenvalue weighted by Gasteiger charge is -2.31. The van der Waals surface area contributed by atoms with Crippen LogP contribution >= 0.6 is 0 Å². The molecule has 2 aromatic carbocycles. The van der Waals surface area contributed by atoms with Crippen LogP contribution in [-0.4, -0.2) is 52.1 Å². The van der Waals surface area contributed by atoms with Gasteiger partial charge in [-0.25, -0.2) is 17.5 Å². The molecule has 0 bridgehead atoms. The molecule has 1 heterocycles. The highest BCUT2D eigenvalue weighted by Crippen LogP contribution is 2.21. The molecule has 1 saturated heterocycles. The average Bonchev–Trinajstić information content (AvgIpc) is 3.34. The Hall–Kier alpha value is -2.82. The Balaban J connectivity index is 1.78. The van der Waals surface area contributed by atoms with Crippen molar-refractivity contribution in [1.29, 1.82) is 0 Å². The van der Waals surface area contributed by atoms with Crippen LogP contribution in [0.15, 0.2) is 59.5 Å². The van der Waals surface area contributed by atoms with Crippen LogP contribution in [0.1, 0.15) is 26.2 Å². The van der Waals surface area contributed by atoms with Crippen molar-refractivity contribution in [2.24, 2.45) is 0 Å². The van der Waals surface area contributed by atoms with Gasteiger partial charge in [-0.3, -0.25) is 14.5 Å². The summed E-state index contributed by atoms with van der Waals surface area (Å²) in [5, 5.41) is 2.82. The number of nitrogens with zero attached hydrogens (tertiary/aromatic N) is 1. The predicted molar refractivity (Wildman–Crippen MR) is 122 cm³/mol. The SMILES string of the molecule is CC[C@H](C(=O)NC[C@@H]1CCCO1)N(C(=O)CNS(=O)(=O)c1ccccc1)c1ccc(F)cc1. The van der Waals surface area contributed by atoms with Crippen LogP contribution in [0.2, 0.25) is 0 Å². The maximum Gasteiger partial charge on any atom is 0.243 e. The highest BCUT2D eigenvalue weighted by molar-refractivity contribution is 7.89. The molecule has 2 atom stereocenters. The molecule has 10 heteroatoms. The quantitative estimate of drug-likeness (QED) is 0.546. The smallest absolute Gasteiger partial charge is 0.243 e. The number of halogens is 1. The van der Waals surface area contributed by atoms with E-state index in [0.717, 1.165) is 12.8 Å². The lowest BCUT2D eigenvalue weighted by atomic mass is 10.1. The Morgan fingerprint density at radius 3 is 2.45 bits per heavy atom. The van der Waals surface area contributed by atoms with Gasteiger partial charge >= 0.3 is 0 Å². The fourth-order valence-corrected chi connectivity index (χ4v) is 4.64. The molecule has 2 N–H and O–H groups in total. The summed E-state index contributed by atoms with van der Waals surface area (Å²) in [6.45, 7) is 2.15. The highest BCUT2D eigenvalue weighted by Gasteiger charge is 2.31. The molecule has 33 heavy (non-hydrogen) atoms. The van der Waals surface area contributed by atoms with E-state index >= 15 is 0 Å². The third kappa shape index (κ3) is 6.59. The summed E-state index contributed by atoms with van der Waals surface area (Å²) in [5.41, 5.74) is 0.291. The zero-order valence-electron chi connectivity index (χ0n) is 18.4. The second-order valence-electron chi connectivity index (χ2n) is 7.68. The standard InChI is InChI=1S/C23H28FN3O5S/c1-2-21(23(29)25-15-19-7-6-14-32-19)27(18-12-10-17(24)11-13-18)22(28)16-26-33(30,31)20-8-4-3-5-9-20/h3-5,8-13,19,21,26H,2,6-7,14-16H2,1H3,(H,25,29)/t19-,21+/m0/s1. The number of hydrogen-bond acceptors (Lipinski definition) is 5. The van der Waals surface area contributed by atoms with Gasteiger partial charge in [0.1, 0.15) is 11.9 Å². The largest absolute Gasteiger partial charge is 0.376 e. The summed E-state index contributed by atoms with van der Waals surface area (Å²) in [7, 11) is -3.93. The Morgan fingerprint density at radius 1 is 1.15 bits per heavy atom. The van der Waals surface area contributed by atoms with Crippen molar-refractivity contribution < 1.29 is 27.1 Å². The minimum Gasteiger partial charge on any atom is -0.376 e. The second-order valence-corrected chi connectivity index (χ2v) is 9.45. The van der Waals surface area contributed by atoms with Crippen molar-refractivity contribution in [2.75, 3.05) is 24.6 Å². The van der Waals surface area contributed by atoms with Crippen LogP contribution in [-0.2, 0) is 24.3 Å². The van der Waals surface area contributed by atoms with Gasteiger partial charge in [0.15, 0.2) is 0 Å². The lowest BCUT2D eigenvalue weighted by Crippen LogP contribution is -2.53. The normalized spacial score (nSPS) is 16.8. The molecular weight excluding hydrogens is 449 g/mol. The predicted octanol–water partition coefficient (Wildman–Crippen LogP) is 2.21. The van der Waals surface area contributed by atoms with Gasteiger partial charge in [-0.15, -0.1) is 0 Å². The van der Waals surface area contributed by atoms with Gasteiger partial charge < -0.3 is 10.1 Å². The molecule has 178 valence electrons. The van der Waals surface area contributed by atoms with E-state index in [9.17, 15) is 22.4 Å². The first-order valence-electron chi connectivity index (χ1n) is 10.8. The number of anilines is 1. The van der Waals surface area contributed by atoms with Crippen molar-refractivity contribution >= 4 is 27.5 Å². The molecule has 2 amide bonds. The van der Waals surface area contributed by atoms with Crippen LogP contribution in [0.3, 0.4) is 0 Å². The van der Waals surface area contributed by atoms with Gasteiger partial charge in [0.25, 0.3) is 0 Å². The van der Waals surface area contributed by atoms with Crippen molar-refractivity contribution in [1.82, 2.24) is 10.0 Å². The van der Waals surface area contributed by atoms with Crippen molar-refractivity contribution in [3.8, 4) is 0 Å². The molecule has 1 fully saturated rings. The van der Waals surface area contributed by atoms with Crippen molar-refractivity contribution in [3.05, 3.63) is 60.4 Å². The van der Waals surface area contributed by atoms with Crippen LogP contribution in [0.4, 0.5) is 10.1 Å². The number of ether oxygens (including phenoxy) is 1. The molecule has 0 saturated carbocycles. The van der Waals surface area contributed by atoms with Gasteiger partial charge in [0.05, 0.1) is 17.5 Å². The third-order valence-corrected chi connectivity index (χ3v) is 6.79. The van der Waals surface area contributed by atoms with E-state index in [1.54, 1.807) is 25.1 Å². The Bertz CT molecular complexity index is 1040. The fourth-order valence-electron chi connectivity index (χ4n) is 3.65. The third-order valence-electron chi connectivity index (χ3n) is 5.37. The number of sulfonamides is 1. The molecule has 0 unspecified atom stereocenters. The molecule has 1 aliphatic heterocycles. The summed E-state index contributed by atoms with van der Waals surface area (Å²) in [4.78, 5) is 27.4. The maximum absolute atomic E-state index is 13.5. The lowest BCUT2D eigenvalue weighted by molar-refractivity contribution is -0.126. The topological polar surface area (TPSA) is 105 Å². The maximum atomic E-state index is 13.5. The molecule has 0 radical (unpaired) electrons. The van der Waals surface area contributed by atoms with E-state index < -0.39 is 40.2 Å². The minimum absolute atomic E-state index is 0.0208.